The molecular formula is C34H52FeP2. The molecule has 4 fully saturated rings. The molecule has 0 bridgehead atoms. The van der Waals surface area contributed by atoms with Gasteiger partial charge in [0.25, 0.3) is 0 Å². The van der Waals surface area contributed by atoms with Crippen LogP contribution in [0.4, 0.5) is 0 Å². The first-order chi connectivity index (χ1) is 18.4. The van der Waals surface area contributed by atoms with E-state index >= 15 is 0 Å². The van der Waals surface area contributed by atoms with Crippen molar-refractivity contribution in [3.8, 4) is 0 Å². The van der Waals surface area contributed by atoms with Crippen LogP contribution < -0.4 is 0 Å². The van der Waals surface area contributed by atoms with Crippen molar-refractivity contribution in [3.05, 3.63) is 43.9 Å². The van der Waals surface area contributed by atoms with E-state index in [4.69, 9.17) is 0 Å². The van der Waals surface area contributed by atoms with E-state index < -0.39 is 0 Å². The van der Waals surface area contributed by atoms with Crippen LogP contribution in [0.1, 0.15) is 141 Å². The number of allylic oxidation sites excluding steroid dienone is 8. The SMILES string of the molecule is C1=CC(P(C2CCCCC2)C2CCCCC2)=[C]([Fe][C]2=C(P(C3CCCCC3)C3CCCCC3)C=CC2)C1. The molecule has 4 saturated carbocycles. The standard InChI is InChI=1S/2C17H26P.Fe/c2*1-3-9-15(10-4-1)18(17-13-7-8-14-17)16-11-5-2-6-12-16;/h2*7,13,15-16H,1-6,8-12H2;. The predicted octanol–water partition coefficient (Wildman–Crippen LogP) is 11.7. The van der Waals surface area contributed by atoms with Crippen molar-refractivity contribution in [3.63, 3.8) is 0 Å². The first-order valence-electron chi connectivity index (χ1n) is 16.4. The zero-order valence-corrected chi connectivity index (χ0v) is 26.3. The molecule has 0 amide bonds. The molecular weight excluding hydrogens is 526 g/mol. The van der Waals surface area contributed by atoms with E-state index in [2.05, 4.69) is 24.3 Å². The molecule has 3 heteroatoms. The van der Waals surface area contributed by atoms with Gasteiger partial charge in [0.15, 0.2) is 0 Å². The van der Waals surface area contributed by atoms with Crippen LogP contribution in [0, 0.1) is 0 Å². The van der Waals surface area contributed by atoms with Gasteiger partial charge >= 0.3 is 239 Å². The molecule has 0 heterocycles. The van der Waals surface area contributed by atoms with Gasteiger partial charge in [-0.25, -0.2) is 0 Å². The minimum atomic E-state index is 0.0436. The molecule has 0 N–H and O–H groups in total. The first-order valence-corrected chi connectivity index (χ1v) is 20.4. The van der Waals surface area contributed by atoms with Gasteiger partial charge in [-0.15, -0.1) is 0 Å². The molecule has 6 rings (SSSR count). The molecule has 206 valence electrons. The topological polar surface area (TPSA) is 0 Å². The van der Waals surface area contributed by atoms with Crippen LogP contribution in [0.3, 0.4) is 0 Å². The van der Waals surface area contributed by atoms with E-state index in [1.807, 2.05) is 19.6 Å². The second-order valence-corrected chi connectivity index (χ2v) is 20.0. The quantitative estimate of drug-likeness (QED) is 0.199. The first kappa shape index (κ1) is 27.5. The molecule has 0 aromatic heterocycles. The number of hydrogen-bond donors (Lipinski definition) is 0. The van der Waals surface area contributed by atoms with E-state index in [1.54, 1.807) is 0 Å². The van der Waals surface area contributed by atoms with Crippen LogP contribution in [-0.2, 0) is 15.0 Å². The summed E-state index contributed by atoms with van der Waals surface area (Å²) in [7, 11) is 0.0872. The normalized spacial score (nSPS) is 27.6. The number of hydrogen-bond acceptors (Lipinski definition) is 0. The van der Waals surface area contributed by atoms with Gasteiger partial charge < -0.3 is 0 Å². The predicted molar refractivity (Wildman–Crippen MR) is 163 cm³/mol. The Morgan fingerprint density at radius 3 is 1.03 bits per heavy atom. The van der Waals surface area contributed by atoms with Crippen LogP contribution in [0.15, 0.2) is 43.9 Å². The molecule has 0 atom stereocenters. The molecule has 0 nitrogen and oxygen atoms in total. The molecule has 0 unspecified atom stereocenters. The molecule has 0 spiro atoms. The van der Waals surface area contributed by atoms with Gasteiger partial charge in [0.05, 0.1) is 0 Å². The van der Waals surface area contributed by atoms with Crippen LogP contribution in [0.25, 0.3) is 0 Å². The van der Waals surface area contributed by atoms with Crippen molar-refractivity contribution < 1.29 is 15.0 Å². The van der Waals surface area contributed by atoms with E-state index in [9.17, 15) is 0 Å². The molecule has 0 aliphatic heterocycles. The van der Waals surface area contributed by atoms with Crippen molar-refractivity contribution in [1.82, 2.24) is 0 Å². The summed E-state index contributed by atoms with van der Waals surface area (Å²) in [4.78, 5) is 0. The third kappa shape index (κ3) is 6.64. The fourth-order valence-corrected chi connectivity index (χ4v) is 18.8. The van der Waals surface area contributed by atoms with Crippen molar-refractivity contribution in [2.24, 2.45) is 0 Å². The molecule has 6 aliphatic carbocycles. The average molecular weight is 579 g/mol. The van der Waals surface area contributed by atoms with Crippen molar-refractivity contribution in [1.29, 1.82) is 0 Å². The second-order valence-electron chi connectivity index (χ2n) is 12.8. The van der Waals surface area contributed by atoms with Crippen LogP contribution in [-0.4, -0.2) is 22.6 Å². The van der Waals surface area contributed by atoms with E-state index in [1.165, 1.54) is 156 Å². The summed E-state index contributed by atoms with van der Waals surface area (Å²) >= 11 is 1.33. The molecule has 0 aromatic carbocycles. The average Bonchev–Trinajstić information content (AvgIpc) is 3.62. The van der Waals surface area contributed by atoms with Gasteiger partial charge in [-0.3, -0.25) is 0 Å². The van der Waals surface area contributed by atoms with Crippen LogP contribution in [0.5, 0.6) is 0 Å². The Hall–Kier alpha value is 0.339. The van der Waals surface area contributed by atoms with Crippen molar-refractivity contribution in [2.75, 3.05) is 0 Å². The van der Waals surface area contributed by atoms with Gasteiger partial charge in [0, 0.05) is 0 Å². The maximum absolute atomic E-state index is 2.68. The molecule has 37 heavy (non-hydrogen) atoms. The maximum atomic E-state index is 2.68. The monoisotopic (exact) mass is 578 g/mol. The summed E-state index contributed by atoms with van der Waals surface area (Å²) in [5.74, 6) is 0. The summed E-state index contributed by atoms with van der Waals surface area (Å²) in [5.41, 5.74) is 4.15. The Morgan fingerprint density at radius 1 is 0.432 bits per heavy atom. The fourth-order valence-electron chi connectivity index (χ4n) is 8.49. The zero-order chi connectivity index (χ0) is 24.9. The second kappa shape index (κ2) is 13.8. The summed E-state index contributed by atoms with van der Waals surface area (Å²) in [6, 6.07) is 0. The van der Waals surface area contributed by atoms with Gasteiger partial charge in [0.2, 0.25) is 0 Å². The Labute approximate surface area is 237 Å². The minimum absolute atomic E-state index is 0.0436. The van der Waals surface area contributed by atoms with Crippen molar-refractivity contribution in [2.45, 2.75) is 164 Å². The van der Waals surface area contributed by atoms with Crippen molar-refractivity contribution >= 4 is 15.8 Å². The molecule has 0 radical (unpaired) electrons. The molecule has 0 saturated heterocycles. The third-order valence-corrected chi connectivity index (χ3v) is 19.6. The van der Waals surface area contributed by atoms with E-state index in [0.29, 0.717) is 0 Å². The molecule has 6 aliphatic rings. The van der Waals surface area contributed by atoms with Gasteiger partial charge in [0.1, 0.15) is 0 Å². The molecule has 0 aromatic rings. The summed E-state index contributed by atoms with van der Waals surface area (Å²) in [5, 5.41) is 3.85. The van der Waals surface area contributed by atoms with Gasteiger partial charge in [-0.2, -0.15) is 0 Å². The zero-order valence-electron chi connectivity index (χ0n) is 23.4. The van der Waals surface area contributed by atoms with Crippen LogP contribution in [0.2, 0.25) is 0 Å². The summed E-state index contributed by atoms with van der Waals surface area (Å²) < 4.78 is 3.78. The van der Waals surface area contributed by atoms with Gasteiger partial charge in [-0.1, -0.05) is 0 Å². The Balaban J connectivity index is 1.29. The third-order valence-electron chi connectivity index (χ3n) is 10.3. The Bertz CT molecular complexity index is 765. The number of rotatable bonds is 8. The Kier molecular flexibility index (Phi) is 10.3. The summed E-state index contributed by atoms with van der Waals surface area (Å²) in [6.45, 7) is 0. The van der Waals surface area contributed by atoms with E-state index in [-0.39, 0.29) is 15.8 Å². The Morgan fingerprint density at radius 2 is 0.730 bits per heavy atom. The fraction of sp³-hybridized carbons (Fsp3) is 0.765. The summed E-state index contributed by atoms with van der Waals surface area (Å²) in [6.07, 6.45) is 43.4. The van der Waals surface area contributed by atoms with Crippen LogP contribution >= 0.6 is 15.8 Å². The van der Waals surface area contributed by atoms with Gasteiger partial charge in [-0.05, 0) is 0 Å². The van der Waals surface area contributed by atoms with E-state index in [0.717, 1.165) is 22.6 Å².